The lowest BCUT2D eigenvalue weighted by Gasteiger charge is -2.21. The molecule has 0 unspecified atom stereocenters. The molecule has 0 bridgehead atoms. The topological polar surface area (TPSA) is 49.4 Å². The highest BCUT2D eigenvalue weighted by molar-refractivity contribution is 6.42. The molecule has 132 valence electrons. The van der Waals surface area contributed by atoms with Gasteiger partial charge in [-0.3, -0.25) is 9.59 Å². The van der Waals surface area contributed by atoms with Crippen molar-refractivity contribution in [3.8, 4) is 0 Å². The van der Waals surface area contributed by atoms with Crippen LogP contribution in [0.2, 0.25) is 10.0 Å². The summed E-state index contributed by atoms with van der Waals surface area (Å²) >= 11 is 11.9. The van der Waals surface area contributed by atoms with Crippen molar-refractivity contribution >= 4 is 40.7 Å². The van der Waals surface area contributed by atoms with E-state index in [9.17, 15) is 9.59 Å². The van der Waals surface area contributed by atoms with Crippen molar-refractivity contribution in [3.63, 3.8) is 0 Å². The van der Waals surface area contributed by atoms with Crippen LogP contribution in [0.3, 0.4) is 0 Å². The number of amides is 2. The minimum absolute atomic E-state index is 0.000522. The molecule has 0 atom stereocenters. The van der Waals surface area contributed by atoms with Crippen molar-refractivity contribution in [3.05, 3.63) is 63.6 Å². The number of halogens is 2. The minimum atomic E-state index is -0.156. The molecule has 0 heterocycles. The highest BCUT2D eigenvalue weighted by atomic mass is 35.5. The van der Waals surface area contributed by atoms with Crippen LogP contribution in [-0.4, -0.2) is 23.3 Å². The first-order valence-electron chi connectivity index (χ1n) is 7.98. The Morgan fingerprint density at radius 3 is 2.44 bits per heavy atom. The quantitative estimate of drug-likeness (QED) is 0.801. The lowest BCUT2D eigenvalue weighted by atomic mass is 10.1. The molecule has 25 heavy (non-hydrogen) atoms. The average Bonchev–Trinajstić information content (AvgIpc) is 2.57. The van der Waals surface area contributed by atoms with Gasteiger partial charge in [-0.1, -0.05) is 47.5 Å². The lowest BCUT2D eigenvalue weighted by molar-refractivity contribution is -0.129. The van der Waals surface area contributed by atoms with Crippen molar-refractivity contribution in [2.24, 2.45) is 0 Å². The van der Waals surface area contributed by atoms with Crippen LogP contribution in [0.15, 0.2) is 42.5 Å². The Morgan fingerprint density at radius 2 is 1.80 bits per heavy atom. The molecule has 0 aromatic heterocycles. The largest absolute Gasteiger partial charge is 0.339 e. The number of carbonyl (C=O) groups is 2. The lowest BCUT2D eigenvalue weighted by Crippen LogP contribution is -2.28. The van der Waals surface area contributed by atoms with E-state index in [0.717, 1.165) is 11.1 Å². The zero-order valence-electron chi connectivity index (χ0n) is 14.2. The minimum Gasteiger partial charge on any atom is -0.339 e. The Balaban J connectivity index is 2.10. The third-order valence-corrected chi connectivity index (χ3v) is 4.57. The molecule has 0 aliphatic rings. The van der Waals surface area contributed by atoms with Crippen LogP contribution in [0, 0.1) is 0 Å². The number of para-hydroxylation sites is 1. The van der Waals surface area contributed by atoms with E-state index < -0.39 is 0 Å². The maximum absolute atomic E-state index is 12.4. The predicted molar refractivity (Wildman–Crippen MR) is 102 cm³/mol. The van der Waals surface area contributed by atoms with Gasteiger partial charge in [-0.15, -0.1) is 0 Å². The van der Waals surface area contributed by atoms with Gasteiger partial charge < -0.3 is 10.2 Å². The van der Waals surface area contributed by atoms with E-state index in [0.29, 0.717) is 28.8 Å². The van der Waals surface area contributed by atoms with Gasteiger partial charge in [0.05, 0.1) is 16.5 Å². The van der Waals surface area contributed by atoms with Crippen molar-refractivity contribution in [2.75, 3.05) is 11.9 Å². The molecule has 2 aromatic rings. The van der Waals surface area contributed by atoms with E-state index in [1.165, 1.54) is 6.92 Å². The summed E-state index contributed by atoms with van der Waals surface area (Å²) in [6, 6.07) is 12.6. The second kappa shape index (κ2) is 8.88. The van der Waals surface area contributed by atoms with Crippen molar-refractivity contribution < 1.29 is 9.59 Å². The predicted octanol–water partition coefficient (Wildman–Crippen LogP) is 4.54. The molecule has 4 nitrogen and oxygen atoms in total. The molecule has 6 heteroatoms. The first-order valence-corrected chi connectivity index (χ1v) is 8.73. The second-order valence-electron chi connectivity index (χ2n) is 5.66. The molecule has 2 rings (SSSR count). The smallest absolute Gasteiger partial charge is 0.228 e. The average molecular weight is 379 g/mol. The number of nitrogens with zero attached hydrogens (tertiary/aromatic N) is 1. The number of anilines is 1. The van der Waals surface area contributed by atoms with Gasteiger partial charge in [0.2, 0.25) is 11.8 Å². The Labute approximate surface area is 157 Å². The molecule has 0 aliphatic carbocycles. The molecule has 2 amide bonds. The molecule has 1 N–H and O–H groups in total. The number of carbonyl (C=O) groups excluding carboxylic acids is 2. The van der Waals surface area contributed by atoms with Crippen LogP contribution in [0.1, 0.15) is 25.0 Å². The third kappa shape index (κ3) is 5.48. The monoisotopic (exact) mass is 378 g/mol. The fourth-order valence-electron chi connectivity index (χ4n) is 2.46. The van der Waals surface area contributed by atoms with Gasteiger partial charge in [0.15, 0.2) is 0 Å². The maximum atomic E-state index is 12.4. The normalized spacial score (nSPS) is 10.4. The van der Waals surface area contributed by atoms with Crippen molar-refractivity contribution in [1.29, 1.82) is 0 Å². The molecule has 2 aromatic carbocycles. The number of rotatable bonds is 6. The molecule has 0 saturated heterocycles. The number of hydrogen-bond acceptors (Lipinski definition) is 2. The van der Waals surface area contributed by atoms with E-state index in [4.69, 9.17) is 23.2 Å². The molecule has 0 spiro atoms. The molecule has 0 fully saturated rings. The van der Waals surface area contributed by atoms with Crippen LogP contribution in [0.25, 0.3) is 0 Å². The summed E-state index contributed by atoms with van der Waals surface area (Å²) in [6.07, 6.45) is 0.190. The summed E-state index contributed by atoms with van der Waals surface area (Å²) in [5.41, 5.74) is 2.37. The fourth-order valence-corrected chi connectivity index (χ4v) is 2.78. The summed E-state index contributed by atoms with van der Waals surface area (Å²) in [6.45, 7) is 4.53. The van der Waals surface area contributed by atoms with Gasteiger partial charge in [0, 0.05) is 25.7 Å². The standard InChI is InChI=1S/C19H20Cl2N2O2/c1-3-23(13(2)24)12-15-6-4-5-7-18(15)22-19(25)11-14-8-9-16(20)17(21)10-14/h4-10H,3,11-12H2,1-2H3,(H,22,25). The van der Waals surface area contributed by atoms with E-state index in [1.807, 2.05) is 31.2 Å². The van der Waals surface area contributed by atoms with E-state index in [2.05, 4.69) is 5.32 Å². The Morgan fingerprint density at radius 1 is 1.08 bits per heavy atom. The first-order chi connectivity index (χ1) is 11.9. The first kappa shape index (κ1) is 19.3. The second-order valence-corrected chi connectivity index (χ2v) is 6.48. The van der Waals surface area contributed by atoms with E-state index in [-0.39, 0.29) is 18.2 Å². The fraction of sp³-hybridized carbons (Fsp3) is 0.263. The van der Waals surface area contributed by atoms with Gasteiger partial charge in [0.1, 0.15) is 0 Å². The maximum Gasteiger partial charge on any atom is 0.228 e. The highest BCUT2D eigenvalue weighted by Gasteiger charge is 2.12. The number of benzene rings is 2. The zero-order chi connectivity index (χ0) is 18.4. The molecular weight excluding hydrogens is 359 g/mol. The molecule has 0 radical (unpaired) electrons. The van der Waals surface area contributed by atoms with Gasteiger partial charge in [-0.2, -0.15) is 0 Å². The van der Waals surface area contributed by atoms with Crippen LogP contribution >= 0.6 is 23.2 Å². The SMILES string of the molecule is CCN(Cc1ccccc1NC(=O)Cc1ccc(Cl)c(Cl)c1)C(C)=O. The Bertz CT molecular complexity index is 778. The van der Waals surface area contributed by atoms with Crippen LogP contribution in [0.5, 0.6) is 0 Å². The van der Waals surface area contributed by atoms with Gasteiger partial charge in [-0.05, 0) is 36.2 Å². The van der Waals surface area contributed by atoms with Gasteiger partial charge >= 0.3 is 0 Å². The summed E-state index contributed by atoms with van der Waals surface area (Å²) in [7, 11) is 0. The number of hydrogen-bond donors (Lipinski definition) is 1. The Hall–Kier alpha value is -2.04. The van der Waals surface area contributed by atoms with Crippen LogP contribution in [0.4, 0.5) is 5.69 Å². The van der Waals surface area contributed by atoms with Gasteiger partial charge in [0.25, 0.3) is 0 Å². The molecule has 0 saturated carbocycles. The van der Waals surface area contributed by atoms with Gasteiger partial charge in [-0.25, -0.2) is 0 Å². The Kier molecular flexibility index (Phi) is 6.85. The third-order valence-electron chi connectivity index (χ3n) is 3.83. The van der Waals surface area contributed by atoms with E-state index >= 15 is 0 Å². The van der Waals surface area contributed by atoms with Crippen LogP contribution < -0.4 is 5.32 Å². The highest BCUT2D eigenvalue weighted by Crippen LogP contribution is 2.23. The summed E-state index contributed by atoms with van der Waals surface area (Å²) in [5.74, 6) is -0.156. The van der Waals surface area contributed by atoms with Crippen molar-refractivity contribution in [2.45, 2.75) is 26.8 Å². The zero-order valence-corrected chi connectivity index (χ0v) is 15.7. The number of nitrogens with one attached hydrogen (secondary N) is 1. The molecular formula is C19H20Cl2N2O2. The van der Waals surface area contributed by atoms with Crippen LogP contribution in [-0.2, 0) is 22.6 Å². The summed E-state index contributed by atoms with van der Waals surface area (Å²) in [4.78, 5) is 25.7. The molecule has 0 aliphatic heterocycles. The summed E-state index contributed by atoms with van der Waals surface area (Å²) < 4.78 is 0. The van der Waals surface area contributed by atoms with E-state index in [1.54, 1.807) is 23.1 Å². The van der Waals surface area contributed by atoms with Crippen molar-refractivity contribution in [1.82, 2.24) is 4.90 Å². The summed E-state index contributed by atoms with van der Waals surface area (Å²) in [5, 5.41) is 3.79.